The van der Waals surface area contributed by atoms with Crippen LogP contribution in [0, 0.1) is 5.92 Å². The second kappa shape index (κ2) is 7.45. The highest BCUT2D eigenvalue weighted by molar-refractivity contribution is 5.82. The molecule has 3 atom stereocenters. The molecule has 1 heterocycles. The molecule has 0 aliphatic carbocycles. The van der Waals surface area contributed by atoms with Crippen molar-refractivity contribution < 1.29 is 24.5 Å². The van der Waals surface area contributed by atoms with Gasteiger partial charge in [-0.2, -0.15) is 0 Å². The molecule has 0 aromatic rings. The van der Waals surface area contributed by atoms with Crippen LogP contribution in [0.1, 0.15) is 39.5 Å². The van der Waals surface area contributed by atoms with Gasteiger partial charge in [-0.25, -0.2) is 4.79 Å². The zero-order valence-electron chi connectivity index (χ0n) is 11.5. The van der Waals surface area contributed by atoms with E-state index >= 15 is 0 Å². The molecule has 0 aromatic heterocycles. The first-order valence-electron chi connectivity index (χ1n) is 6.83. The van der Waals surface area contributed by atoms with Crippen molar-refractivity contribution in [2.75, 3.05) is 6.54 Å². The fraction of sp³-hybridized carbons (Fsp3) is 0.846. The Labute approximate surface area is 113 Å². The summed E-state index contributed by atoms with van der Waals surface area (Å²) in [5, 5.41) is 21.3. The predicted molar refractivity (Wildman–Crippen MR) is 68.6 cm³/mol. The number of nitrogens with one attached hydrogen (secondary N) is 1. The molecule has 110 valence electrons. The molecule has 6 nitrogen and oxygen atoms in total. The van der Waals surface area contributed by atoms with E-state index in [0.717, 1.165) is 12.8 Å². The molecule has 1 fully saturated rings. The third-order valence-corrected chi connectivity index (χ3v) is 3.67. The Hall–Kier alpha value is -1.14. The summed E-state index contributed by atoms with van der Waals surface area (Å²) in [5.74, 6) is -1.21. The van der Waals surface area contributed by atoms with E-state index < -0.39 is 24.3 Å². The van der Waals surface area contributed by atoms with E-state index in [-0.39, 0.29) is 18.4 Å². The van der Waals surface area contributed by atoms with Crippen molar-refractivity contribution in [1.29, 1.82) is 0 Å². The van der Waals surface area contributed by atoms with Crippen molar-refractivity contribution >= 4 is 11.9 Å². The summed E-state index contributed by atoms with van der Waals surface area (Å²) in [4.78, 5) is 22.5. The van der Waals surface area contributed by atoms with Crippen molar-refractivity contribution in [3.63, 3.8) is 0 Å². The van der Waals surface area contributed by atoms with Gasteiger partial charge in [0.15, 0.2) is 6.10 Å². The lowest BCUT2D eigenvalue weighted by atomic mass is 9.96. The van der Waals surface area contributed by atoms with Crippen molar-refractivity contribution in [1.82, 2.24) is 5.32 Å². The number of aliphatic carboxylic acids is 1. The zero-order chi connectivity index (χ0) is 14.4. The summed E-state index contributed by atoms with van der Waals surface area (Å²) < 4.78 is 5.14. The van der Waals surface area contributed by atoms with Gasteiger partial charge in [-0.15, -0.1) is 0 Å². The number of aliphatic hydroxyl groups excluding tert-OH is 1. The lowest BCUT2D eigenvalue weighted by molar-refractivity contribution is -0.151. The van der Waals surface area contributed by atoms with Gasteiger partial charge in [0, 0.05) is 6.54 Å². The standard InChI is InChI=1S/C13H23NO5/c1-3-8(4-2)9(15)7-14-12(16)10-5-6-11(19-10)13(17)18/h8-11,15H,3-7H2,1-2H3,(H,14,16)(H,17,18)/t9?,10-,11+/m0/s1. The molecule has 19 heavy (non-hydrogen) atoms. The van der Waals surface area contributed by atoms with Crippen LogP contribution in [0.4, 0.5) is 0 Å². The van der Waals surface area contributed by atoms with Crippen LogP contribution in [0.25, 0.3) is 0 Å². The summed E-state index contributed by atoms with van der Waals surface area (Å²) in [7, 11) is 0. The molecule has 0 saturated carbocycles. The van der Waals surface area contributed by atoms with Crippen LogP contribution in [0.3, 0.4) is 0 Å². The fourth-order valence-corrected chi connectivity index (χ4v) is 2.33. The number of amides is 1. The quantitative estimate of drug-likeness (QED) is 0.629. The van der Waals surface area contributed by atoms with Crippen molar-refractivity contribution in [2.45, 2.75) is 57.8 Å². The molecular formula is C13H23NO5. The minimum Gasteiger partial charge on any atom is -0.479 e. The Morgan fingerprint density at radius 3 is 2.32 bits per heavy atom. The number of carbonyl (C=O) groups excluding carboxylic acids is 1. The number of carboxylic acid groups (broad SMARTS) is 1. The van der Waals surface area contributed by atoms with Gasteiger partial charge in [0.2, 0.25) is 5.91 Å². The van der Waals surface area contributed by atoms with Gasteiger partial charge in [-0.05, 0) is 18.8 Å². The minimum absolute atomic E-state index is 0.163. The Morgan fingerprint density at radius 1 is 1.26 bits per heavy atom. The third-order valence-electron chi connectivity index (χ3n) is 3.67. The number of carboxylic acids is 1. The Bertz CT molecular complexity index is 316. The van der Waals surface area contributed by atoms with Gasteiger partial charge in [0.1, 0.15) is 6.10 Å². The average Bonchev–Trinajstić information content (AvgIpc) is 2.87. The second-order valence-electron chi connectivity index (χ2n) is 4.92. The van der Waals surface area contributed by atoms with Crippen LogP contribution in [0.15, 0.2) is 0 Å². The Balaban J connectivity index is 2.34. The summed E-state index contributed by atoms with van der Waals surface area (Å²) in [6.45, 7) is 4.18. The number of carbonyl (C=O) groups is 2. The van der Waals surface area contributed by atoms with Crippen molar-refractivity contribution in [2.24, 2.45) is 5.92 Å². The number of rotatable bonds is 7. The predicted octanol–water partition coefficient (Wildman–Crippen LogP) is 0.532. The number of ether oxygens (including phenoxy) is 1. The highest BCUT2D eigenvalue weighted by Gasteiger charge is 2.34. The monoisotopic (exact) mass is 273 g/mol. The van der Waals surface area contributed by atoms with Crippen LogP contribution in [-0.2, 0) is 14.3 Å². The smallest absolute Gasteiger partial charge is 0.332 e. The highest BCUT2D eigenvalue weighted by atomic mass is 16.5. The maximum absolute atomic E-state index is 11.8. The normalized spacial score (nSPS) is 24.4. The lowest BCUT2D eigenvalue weighted by Crippen LogP contribution is -2.41. The number of hydrogen-bond acceptors (Lipinski definition) is 4. The van der Waals surface area contributed by atoms with Crippen LogP contribution < -0.4 is 5.32 Å². The van der Waals surface area contributed by atoms with Gasteiger partial charge in [-0.1, -0.05) is 26.7 Å². The number of hydrogen-bond donors (Lipinski definition) is 3. The molecule has 0 radical (unpaired) electrons. The summed E-state index contributed by atoms with van der Waals surface area (Å²) >= 11 is 0. The molecule has 1 amide bonds. The fourth-order valence-electron chi connectivity index (χ4n) is 2.33. The van der Waals surface area contributed by atoms with E-state index in [0.29, 0.717) is 12.8 Å². The van der Waals surface area contributed by atoms with E-state index in [4.69, 9.17) is 9.84 Å². The van der Waals surface area contributed by atoms with E-state index in [1.54, 1.807) is 0 Å². The summed E-state index contributed by atoms with van der Waals surface area (Å²) in [5.41, 5.74) is 0. The molecule has 3 N–H and O–H groups in total. The van der Waals surface area contributed by atoms with Gasteiger partial charge in [-0.3, -0.25) is 4.79 Å². The first kappa shape index (κ1) is 15.9. The first-order valence-corrected chi connectivity index (χ1v) is 6.83. The van der Waals surface area contributed by atoms with Crippen LogP contribution >= 0.6 is 0 Å². The molecule has 1 aliphatic rings. The Morgan fingerprint density at radius 2 is 1.84 bits per heavy atom. The second-order valence-corrected chi connectivity index (χ2v) is 4.92. The zero-order valence-corrected chi connectivity index (χ0v) is 11.5. The van der Waals surface area contributed by atoms with E-state index in [1.165, 1.54) is 0 Å². The van der Waals surface area contributed by atoms with Gasteiger partial charge in [0.25, 0.3) is 0 Å². The van der Waals surface area contributed by atoms with Gasteiger partial charge < -0.3 is 20.3 Å². The van der Waals surface area contributed by atoms with Crippen molar-refractivity contribution in [3.05, 3.63) is 0 Å². The van der Waals surface area contributed by atoms with E-state index in [2.05, 4.69) is 5.32 Å². The number of aliphatic hydroxyl groups is 1. The van der Waals surface area contributed by atoms with Gasteiger partial charge in [0.05, 0.1) is 6.10 Å². The van der Waals surface area contributed by atoms with Gasteiger partial charge >= 0.3 is 5.97 Å². The van der Waals surface area contributed by atoms with Crippen LogP contribution in [0.2, 0.25) is 0 Å². The third kappa shape index (κ3) is 4.47. The molecule has 1 rings (SSSR count). The minimum atomic E-state index is -1.03. The van der Waals surface area contributed by atoms with E-state index in [1.807, 2.05) is 13.8 Å². The molecule has 0 spiro atoms. The van der Waals surface area contributed by atoms with Crippen molar-refractivity contribution in [3.8, 4) is 0 Å². The van der Waals surface area contributed by atoms with Crippen LogP contribution in [-0.4, -0.2) is 46.9 Å². The molecule has 1 saturated heterocycles. The summed E-state index contributed by atoms with van der Waals surface area (Å²) in [6, 6.07) is 0. The molecule has 0 bridgehead atoms. The molecule has 0 aromatic carbocycles. The average molecular weight is 273 g/mol. The highest BCUT2D eigenvalue weighted by Crippen LogP contribution is 2.20. The Kier molecular flexibility index (Phi) is 6.24. The van der Waals surface area contributed by atoms with Crippen LogP contribution in [0.5, 0.6) is 0 Å². The first-order chi connectivity index (χ1) is 8.99. The maximum Gasteiger partial charge on any atom is 0.332 e. The molecular weight excluding hydrogens is 250 g/mol. The SMILES string of the molecule is CCC(CC)C(O)CNC(=O)[C@@H]1CC[C@H](C(=O)O)O1. The molecule has 1 unspecified atom stereocenters. The topological polar surface area (TPSA) is 95.9 Å². The summed E-state index contributed by atoms with van der Waals surface area (Å²) in [6.07, 6.45) is 0.292. The largest absolute Gasteiger partial charge is 0.479 e. The molecule has 6 heteroatoms. The lowest BCUT2D eigenvalue weighted by Gasteiger charge is -2.21. The van der Waals surface area contributed by atoms with E-state index in [9.17, 15) is 14.7 Å². The maximum atomic E-state index is 11.8. The molecule has 1 aliphatic heterocycles.